The number of carbonyl (C=O) groups is 2. The van der Waals surface area contributed by atoms with E-state index in [9.17, 15) is 18.4 Å². The molecule has 26 heavy (non-hydrogen) atoms. The van der Waals surface area contributed by atoms with Gasteiger partial charge >= 0.3 is 0 Å². The molecule has 6 heteroatoms. The molecule has 1 aromatic carbocycles. The summed E-state index contributed by atoms with van der Waals surface area (Å²) in [6.45, 7) is 2.66. The highest BCUT2D eigenvalue weighted by molar-refractivity contribution is 5.87. The predicted octanol–water partition coefficient (Wildman–Crippen LogP) is 3.01. The molecule has 2 amide bonds. The molecule has 1 atom stereocenters. The number of halogens is 2. The molecule has 4 nitrogen and oxygen atoms in total. The fourth-order valence-corrected chi connectivity index (χ4v) is 4.58. The van der Waals surface area contributed by atoms with E-state index in [2.05, 4.69) is 0 Å². The lowest BCUT2D eigenvalue weighted by Crippen LogP contribution is -2.57. The van der Waals surface area contributed by atoms with E-state index < -0.39 is 5.67 Å². The van der Waals surface area contributed by atoms with Crippen molar-refractivity contribution in [2.45, 2.75) is 50.7 Å². The minimum Gasteiger partial charge on any atom is -0.332 e. The topological polar surface area (TPSA) is 40.6 Å². The van der Waals surface area contributed by atoms with Crippen LogP contribution >= 0.6 is 0 Å². The quantitative estimate of drug-likeness (QED) is 0.771. The molecular formula is C20H24F2N2O2. The van der Waals surface area contributed by atoms with Crippen molar-refractivity contribution >= 4 is 11.8 Å². The molecule has 1 saturated carbocycles. The molecule has 2 aliphatic heterocycles. The average Bonchev–Trinajstić information content (AvgIpc) is 2.61. The number of hydrogen-bond acceptors (Lipinski definition) is 2. The van der Waals surface area contributed by atoms with E-state index in [0.717, 1.165) is 11.1 Å². The SMILES string of the molecule is CC1(F)CCC(C(=O)N2CC(=O)N3CCc4ccc(F)cc4C3C2)CC1. The number of hydrogen-bond donors (Lipinski definition) is 0. The largest absolute Gasteiger partial charge is 0.332 e. The minimum absolute atomic E-state index is 0.0583. The number of alkyl halides is 1. The van der Waals surface area contributed by atoms with E-state index >= 15 is 0 Å². The molecule has 1 unspecified atom stereocenters. The van der Waals surface area contributed by atoms with Gasteiger partial charge in [0.2, 0.25) is 11.8 Å². The van der Waals surface area contributed by atoms with Crippen LogP contribution in [0.1, 0.15) is 49.8 Å². The fourth-order valence-electron chi connectivity index (χ4n) is 4.58. The second-order valence-corrected chi connectivity index (χ2v) is 8.10. The van der Waals surface area contributed by atoms with Crippen LogP contribution in [0.15, 0.2) is 18.2 Å². The number of amides is 2. The molecule has 4 rings (SSSR count). The van der Waals surface area contributed by atoms with Crippen molar-refractivity contribution < 1.29 is 18.4 Å². The Balaban J connectivity index is 1.54. The maximum Gasteiger partial charge on any atom is 0.242 e. The first-order valence-electron chi connectivity index (χ1n) is 9.39. The molecule has 3 aliphatic rings. The summed E-state index contributed by atoms with van der Waals surface area (Å²) in [4.78, 5) is 28.9. The number of carbonyl (C=O) groups excluding carboxylic acids is 2. The highest BCUT2D eigenvalue weighted by Gasteiger charge is 2.41. The Morgan fingerprint density at radius 1 is 1.27 bits per heavy atom. The van der Waals surface area contributed by atoms with E-state index in [4.69, 9.17) is 0 Å². The third kappa shape index (κ3) is 3.10. The van der Waals surface area contributed by atoms with Crippen LogP contribution in [0, 0.1) is 11.7 Å². The second-order valence-electron chi connectivity index (χ2n) is 8.10. The van der Waals surface area contributed by atoms with E-state index in [1.54, 1.807) is 22.8 Å². The number of piperazine rings is 1. The molecule has 0 radical (unpaired) electrons. The molecule has 1 saturated heterocycles. The van der Waals surface area contributed by atoms with Crippen molar-refractivity contribution in [1.82, 2.24) is 9.80 Å². The Hall–Kier alpha value is -1.98. The van der Waals surface area contributed by atoms with E-state index in [0.29, 0.717) is 45.2 Å². The molecule has 0 bridgehead atoms. The molecule has 2 fully saturated rings. The van der Waals surface area contributed by atoms with Crippen LogP contribution in [-0.4, -0.2) is 46.9 Å². The maximum absolute atomic E-state index is 14.0. The van der Waals surface area contributed by atoms with Gasteiger partial charge in [0.1, 0.15) is 11.5 Å². The van der Waals surface area contributed by atoms with Crippen LogP contribution in [0.5, 0.6) is 0 Å². The molecule has 1 aromatic rings. The van der Waals surface area contributed by atoms with Gasteiger partial charge in [-0.05, 0) is 62.3 Å². The Bertz CT molecular complexity index is 739. The molecule has 1 aliphatic carbocycles. The lowest BCUT2D eigenvalue weighted by atomic mass is 9.80. The number of nitrogens with zero attached hydrogens (tertiary/aromatic N) is 2. The zero-order valence-electron chi connectivity index (χ0n) is 15.0. The molecule has 0 aromatic heterocycles. The first kappa shape index (κ1) is 17.4. The molecule has 0 spiro atoms. The van der Waals surface area contributed by atoms with Crippen LogP contribution in [0.4, 0.5) is 8.78 Å². The highest BCUT2D eigenvalue weighted by Crippen LogP contribution is 2.38. The van der Waals surface area contributed by atoms with Crippen LogP contribution in [0.3, 0.4) is 0 Å². The summed E-state index contributed by atoms with van der Waals surface area (Å²) in [6, 6.07) is 4.42. The van der Waals surface area contributed by atoms with Crippen molar-refractivity contribution in [2.75, 3.05) is 19.6 Å². The number of rotatable bonds is 1. The zero-order chi connectivity index (χ0) is 18.5. The van der Waals surface area contributed by atoms with Crippen molar-refractivity contribution in [3.63, 3.8) is 0 Å². The number of fused-ring (bicyclic) bond motifs is 3. The monoisotopic (exact) mass is 362 g/mol. The lowest BCUT2D eigenvalue weighted by Gasteiger charge is -2.45. The zero-order valence-corrected chi connectivity index (χ0v) is 15.0. The Labute approximate surface area is 152 Å². The van der Waals surface area contributed by atoms with E-state index in [-0.39, 0.29) is 36.1 Å². The summed E-state index contributed by atoms with van der Waals surface area (Å²) in [5, 5.41) is 0. The normalized spacial score (nSPS) is 31.4. The molecular weight excluding hydrogens is 338 g/mol. The van der Waals surface area contributed by atoms with Gasteiger partial charge in [-0.25, -0.2) is 8.78 Å². The van der Waals surface area contributed by atoms with Crippen LogP contribution in [0.25, 0.3) is 0 Å². The van der Waals surface area contributed by atoms with Crippen molar-refractivity contribution in [1.29, 1.82) is 0 Å². The Morgan fingerprint density at radius 2 is 2.00 bits per heavy atom. The van der Waals surface area contributed by atoms with Crippen molar-refractivity contribution in [3.05, 3.63) is 35.1 Å². The lowest BCUT2D eigenvalue weighted by molar-refractivity contribution is -0.152. The first-order chi connectivity index (χ1) is 12.3. The standard InChI is InChI=1S/C20H24F2N2O2/c1-20(22)7-4-14(5-8-20)19(26)23-11-17-16-10-15(21)3-2-13(16)6-9-24(17)18(25)12-23/h2-3,10,14,17H,4-9,11-12H2,1H3. The molecule has 0 N–H and O–H groups in total. The minimum atomic E-state index is -1.19. The number of benzene rings is 1. The summed E-state index contributed by atoms with van der Waals surface area (Å²) in [5.41, 5.74) is 0.660. The summed E-state index contributed by atoms with van der Waals surface area (Å²) >= 11 is 0. The van der Waals surface area contributed by atoms with Gasteiger partial charge in [0, 0.05) is 19.0 Å². The van der Waals surface area contributed by atoms with E-state index in [1.165, 1.54) is 12.1 Å². The van der Waals surface area contributed by atoms with E-state index in [1.807, 2.05) is 0 Å². The summed E-state index contributed by atoms with van der Waals surface area (Å²) in [5.74, 6) is -0.683. The van der Waals surface area contributed by atoms with Gasteiger partial charge in [-0.3, -0.25) is 9.59 Å². The van der Waals surface area contributed by atoms with Gasteiger partial charge in [-0.2, -0.15) is 0 Å². The summed E-state index contributed by atoms with van der Waals surface area (Å²) in [6.07, 6.45) is 2.53. The van der Waals surface area contributed by atoms with Crippen LogP contribution < -0.4 is 0 Å². The average molecular weight is 362 g/mol. The van der Waals surface area contributed by atoms with Crippen molar-refractivity contribution in [2.24, 2.45) is 5.92 Å². The van der Waals surface area contributed by atoms with Gasteiger partial charge in [-0.1, -0.05) is 6.07 Å². The van der Waals surface area contributed by atoms with Gasteiger partial charge in [0.15, 0.2) is 0 Å². The second kappa shape index (κ2) is 6.32. The fraction of sp³-hybridized carbons (Fsp3) is 0.600. The van der Waals surface area contributed by atoms with Crippen LogP contribution in [-0.2, 0) is 16.0 Å². The van der Waals surface area contributed by atoms with Crippen LogP contribution in [0.2, 0.25) is 0 Å². The summed E-state index contributed by atoms with van der Waals surface area (Å²) < 4.78 is 27.8. The van der Waals surface area contributed by atoms with Gasteiger partial charge in [-0.15, -0.1) is 0 Å². The maximum atomic E-state index is 14.0. The smallest absolute Gasteiger partial charge is 0.242 e. The van der Waals surface area contributed by atoms with Gasteiger partial charge < -0.3 is 9.80 Å². The van der Waals surface area contributed by atoms with Gasteiger partial charge in [0.05, 0.1) is 12.6 Å². The summed E-state index contributed by atoms with van der Waals surface area (Å²) in [7, 11) is 0. The highest BCUT2D eigenvalue weighted by atomic mass is 19.1. The predicted molar refractivity (Wildman–Crippen MR) is 92.6 cm³/mol. The Kier molecular flexibility index (Phi) is 4.24. The molecule has 140 valence electrons. The third-order valence-corrected chi connectivity index (χ3v) is 6.19. The van der Waals surface area contributed by atoms with Gasteiger partial charge in [0.25, 0.3) is 0 Å². The molecule has 2 heterocycles. The first-order valence-corrected chi connectivity index (χ1v) is 9.39. The van der Waals surface area contributed by atoms with Crippen molar-refractivity contribution in [3.8, 4) is 0 Å². The third-order valence-electron chi connectivity index (χ3n) is 6.19. The Morgan fingerprint density at radius 3 is 2.73 bits per heavy atom.